The van der Waals surface area contributed by atoms with Crippen LogP contribution in [0.5, 0.6) is 5.75 Å². The number of pyridine rings is 2. The van der Waals surface area contributed by atoms with Gasteiger partial charge >= 0.3 is 6.18 Å². The molecule has 1 aromatic carbocycles. The van der Waals surface area contributed by atoms with Gasteiger partial charge in [-0.25, -0.2) is 0 Å². The molecule has 0 N–H and O–H groups in total. The largest absolute Gasteiger partial charge is 0.488 e. The maximum atomic E-state index is 13.3. The van der Waals surface area contributed by atoms with E-state index >= 15 is 0 Å². The van der Waals surface area contributed by atoms with Gasteiger partial charge in [-0.05, 0) is 30.3 Å². The van der Waals surface area contributed by atoms with Gasteiger partial charge in [-0.1, -0.05) is 12.6 Å². The number of nitrogens with zero attached hydrogens (tertiary/aromatic N) is 5. The number of hydrogen-bond donors (Lipinski definition) is 0. The standard InChI is InChI=1S/C28H30F3N5O4/c1-32-25-7-6-21-27(33-25)22(17-26(37)34(21)2)36-9-8-23(40-20-5-3-4-19(16-20)28(29,30)31)24(18-36)39-15-12-35-10-13-38-14-11-35/h3-7,16-17,23-24H,8-15,18H2,2H3/t23-,24-/m1/s1. The minimum atomic E-state index is -4.48. The smallest absolute Gasteiger partial charge is 0.416 e. The molecule has 2 aromatic heterocycles. The molecule has 2 aliphatic rings. The van der Waals surface area contributed by atoms with E-state index in [1.807, 2.05) is 4.90 Å². The third-order valence-electron chi connectivity index (χ3n) is 7.30. The van der Waals surface area contributed by atoms with E-state index in [1.165, 1.54) is 22.8 Å². The summed E-state index contributed by atoms with van der Waals surface area (Å²) in [6.45, 7) is 12.2. The molecule has 9 nitrogen and oxygen atoms in total. The van der Waals surface area contributed by atoms with Gasteiger partial charge in [0.05, 0.1) is 36.6 Å². The molecule has 0 bridgehead atoms. The number of aryl methyl sites for hydroxylation is 1. The van der Waals surface area contributed by atoms with Crippen LogP contribution in [0.25, 0.3) is 15.9 Å². The van der Waals surface area contributed by atoms with Crippen LogP contribution in [-0.4, -0.2) is 79.2 Å². The number of ether oxygens (including phenoxy) is 3. The SMILES string of the molecule is [C-]#[N+]c1ccc2c(n1)c(N1CC[C@@H](Oc3cccc(C(F)(F)F)c3)[C@H](OCCN3CCOCC3)C1)cc(=O)n2C. The van der Waals surface area contributed by atoms with E-state index in [4.69, 9.17) is 20.8 Å². The van der Waals surface area contributed by atoms with E-state index in [-0.39, 0.29) is 17.1 Å². The molecule has 0 aliphatic carbocycles. The van der Waals surface area contributed by atoms with Gasteiger partial charge < -0.3 is 28.5 Å². The summed E-state index contributed by atoms with van der Waals surface area (Å²) >= 11 is 0. The van der Waals surface area contributed by atoms with Crippen LogP contribution in [0.4, 0.5) is 24.7 Å². The van der Waals surface area contributed by atoms with Gasteiger partial charge in [-0.15, -0.1) is 4.98 Å². The normalized spacial score (nSPS) is 20.4. The number of aromatic nitrogens is 2. The highest BCUT2D eigenvalue weighted by Crippen LogP contribution is 2.33. The average molecular weight is 558 g/mol. The van der Waals surface area contributed by atoms with Crippen molar-refractivity contribution in [3.63, 3.8) is 0 Å². The van der Waals surface area contributed by atoms with E-state index in [0.29, 0.717) is 62.6 Å². The summed E-state index contributed by atoms with van der Waals surface area (Å²) in [6, 6.07) is 9.64. The Kier molecular flexibility index (Phi) is 8.25. The van der Waals surface area contributed by atoms with E-state index in [1.54, 1.807) is 19.2 Å². The number of rotatable bonds is 7. The lowest BCUT2D eigenvalue weighted by Crippen LogP contribution is -2.51. The van der Waals surface area contributed by atoms with Crippen LogP contribution in [0.3, 0.4) is 0 Å². The monoisotopic (exact) mass is 557 g/mol. The van der Waals surface area contributed by atoms with Crippen molar-refractivity contribution in [3.8, 4) is 5.75 Å². The zero-order valence-electron chi connectivity index (χ0n) is 22.1. The number of alkyl halides is 3. The molecule has 0 radical (unpaired) electrons. The summed E-state index contributed by atoms with van der Waals surface area (Å²) in [5.41, 5.74) is 0.720. The van der Waals surface area contributed by atoms with Gasteiger partial charge in [0.1, 0.15) is 18.0 Å². The van der Waals surface area contributed by atoms with Crippen molar-refractivity contribution >= 4 is 22.5 Å². The zero-order valence-corrected chi connectivity index (χ0v) is 22.1. The van der Waals surface area contributed by atoms with Crippen LogP contribution in [0.15, 0.2) is 47.3 Å². The molecular formula is C28H30F3N5O4. The Balaban J connectivity index is 1.40. The molecule has 4 heterocycles. The van der Waals surface area contributed by atoms with Gasteiger partial charge in [0.15, 0.2) is 0 Å². The molecule has 5 rings (SSSR count). The lowest BCUT2D eigenvalue weighted by molar-refractivity contribution is -0.137. The van der Waals surface area contributed by atoms with Crippen molar-refractivity contribution in [2.75, 3.05) is 57.4 Å². The Labute approximate surface area is 229 Å². The lowest BCUT2D eigenvalue weighted by atomic mass is 10.0. The first-order chi connectivity index (χ1) is 19.2. The van der Waals surface area contributed by atoms with Crippen molar-refractivity contribution in [1.29, 1.82) is 0 Å². The van der Waals surface area contributed by atoms with Gasteiger partial charge in [-0.3, -0.25) is 9.69 Å². The number of piperidine rings is 1. The molecule has 2 saturated heterocycles. The van der Waals surface area contributed by atoms with Crippen LogP contribution in [0, 0.1) is 6.57 Å². The Bertz CT molecular complexity index is 1450. The van der Waals surface area contributed by atoms with Crippen molar-refractivity contribution in [1.82, 2.24) is 14.5 Å². The highest BCUT2D eigenvalue weighted by Gasteiger charge is 2.35. The Hall–Kier alpha value is -3.66. The summed E-state index contributed by atoms with van der Waals surface area (Å²) in [6.07, 6.45) is -5.03. The highest BCUT2D eigenvalue weighted by atomic mass is 19.4. The molecule has 12 heteroatoms. The summed E-state index contributed by atoms with van der Waals surface area (Å²) in [5.74, 6) is 0.339. The second-order valence-corrected chi connectivity index (χ2v) is 9.86. The maximum absolute atomic E-state index is 13.3. The molecule has 2 fully saturated rings. The summed E-state index contributed by atoms with van der Waals surface area (Å²) < 4.78 is 59.2. The molecule has 0 saturated carbocycles. The first-order valence-electron chi connectivity index (χ1n) is 13.1. The predicted octanol–water partition coefficient (Wildman–Crippen LogP) is 3.88. The topological polar surface area (TPSA) is 73.4 Å². The first-order valence-corrected chi connectivity index (χ1v) is 13.1. The molecule has 0 spiro atoms. The first kappa shape index (κ1) is 27.9. The second kappa shape index (κ2) is 11.8. The predicted molar refractivity (Wildman–Crippen MR) is 143 cm³/mol. The van der Waals surface area contributed by atoms with Gasteiger partial charge in [0.2, 0.25) is 5.52 Å². The van der Waals surface area contributed by atoms with Crippen molar-refractivity contribution in [3.05, 3.63) is 69.8 Å². The fraction of sp³-hybridized carbons (Fsp3) is 0.464. The van der Waals surface area contributed by atoms with E-state index < -0.39 is 23.9 Å². The minimum absolute atomic E-state index is 0.123. The molecule has 40 heavy (non-hydrogen) atoms. The summed E-state index contributed by atoms with van der Waals surface area (Å²) in [7, 11) is 1.65. The average Bonchev–Trinajstić information content (AvgIpc) is 2.96. The van der Waals surface area contributed by atoms with E-state index in [0.717, 1.165) is 25.2 Å². The quantitative estimate of drug-likeness (QED) is 0.409. The summed E-state index contributed by atoms with van der Waals surface area (Å²) in [4.78, 5) is 24.9. The number of halogens is 3. The number of anilines is 1. The third kappa shape index (κ3) is 6.22. The number of morpholine rings is 1. The van der Waals surface area contributed by atoms with Crippen LogP contribution in [0.2, 0.25) is 0 Å². The zero-order chi connectivity index (χ0) is 28.3. The second-order valence-electron chi connectivity index (χ2n) is 9.86. The van der Waals surface area contributed by atoms with Gasteiger partial charge in [0.25, 0.3) is 11.4 Å². The lowest BCUT2D eigenvalue weighted by Gasteiger charge is -2.39. The third-order valence-corrected chi connectivity index (χ3v) is 7.30. The van der Waals surface area contributed by atoms with Crippen LogP contribution >= 0.6 is 0 Å². The van der Waals surface area contributed by atoms with E-state index in [9.17, 15) is 18.0 Å². The molecule has 0 amide bonds. The minimum Gasteiger partial charge on any atom is -0.488 e. The van der Waals surface area contributed by atoms with Crippen molar-refractivity contribution in [2.45, 2.75) is 24.8 Å². The molecule has 2 atom stereocenters. The van der Waals surface area contributed by atoms with Crippen molar-refractivity contribution < 1.29 is 27.4 Å². The Morgan fingerprint density at radius 1 is 1.12 bits per heavy atom. The molecule has 212 valence electrons. The molecule has 0 unspecified atom stereocenters. The number of hydrogen-bond acceptors (Lipinski definition) is 7. The Morgan fingerprint density at radius 3 is 2.67 bits per heavy atom. The van der Waals surface area contributed by atoms with Crippen LogP contribution in [0.1, 0.15) is 12.0 Å². The summed E-state index contributed by atoms with van der Waals surface area (Å²) in [5, 5.41) is 0. The Morgan fingerprint density at radius 2 is 1.93 bits per heavy atom. The van der Waals surface area contributed by atoms with Crippen LogP contribution < -0.4 is 15.2 Å². The van der Waals surface area contributed by atoms with Gasteiger partial charge in [0, 0.05) is 52.3 Å². The molecule has 3 aromatic rings. The van der Waals surface area contributed by atoms with Crippen molar-refractivity contribution in [2.24, 2.45) is 7.05 Å². The fourth-order valence-corrected chi connectivity index (χ4v) is 5.09. The molecule has 2 aliphatic heterocycles. The highest BCUT2D eigenvalue weighted by molar-refractivity contribution is 5.89. The molecular weight excluding hydrogens is 527 g/mol. The number of fused-ring (bicyclic) bond motifs is 1. The number of benzene rings is 1. The van der Waals surface area contributed by atoms with Gasteiger partial charge in [-0.2, -0.15) is 13.2 Å². The van der Waals surface area contributed by atoms with Crippen LogP contribution in [-0.2, 0) is 22.7 Å². The van der Waals surface area contributed by atoms with E-state index in [2.05, 4.69) is 14.7 Å². The maximum Gasteiger partial charge on any atom is 0.416 e. The fourth-order valence-electron chi connectivity index (χ4n) is 5.09.